The number of anilines is 2. The van der Waals surface area contributed by atoms with E-state index >= 15 is 0 Å². The molecule has 0 aliphatic heterocycles. The van der Waals surface area contributed by atoms with Gasteiger partial charge in [-0.05, 0) is 55.7 Å². The summed E-state index contributed by atoms with van der Waals surface area (Å²) in [5.41, 5.74) is 1.41. The van der Waals surface area contributed by atoms with Gasteiger partial charge in [0.05, 0.1) is 0 Å². The fraction of sp³-hybridized carbons (Fsp3) is 0.300. The highest BCUT2D eigenvalue weighted by molar-refractivity contribution is 5.96. The van der Waals surface area contributed by atoms with Crippen LogP contribution in [-0.2, 0) is 9.59 Å². The van der Waals surface area contributed by atoms with Gasteiger partial charge in [0.2, 0.25) is 5.91 Å². The van der Waals surface area contributed by atoms with Gasteiger partial charge in [-0.15, -0.1) is 0 Å². The van der Waals surface area contributed by atoms with Crippen LogP contribution in [0, 0.1) is 5.92 Å². The van der Waals surface area contributed by atoms with Crippen molar-refractivity contribution >= 4 is 23.2 Å². The molecule has 0 saturated heterocycles. The Morgan fingerprint density at radius 3 is 2.16 bits per heavy atom. The molecule has 2 aromatic carbocycles. The standard InChI is InChI=1S/C20H22N2O3/c1-2-18(25-17-6-4-3-5-7-17)20(24)22-16-12-10-15(11-13-16)21-19(23)14-8-9-14/h3-7,10-14,18H,2,8-9H2,1H3,(H,21,23)(H,22,24)/t18-/m1/s1. The number of hydrogen-bond donors (Lipinski definition) is 2. The zero-order valence-corrected chi connectivity index (χ0v) is 14.2. The molecule has 0 unspecified atom stereocenters. The minimum atomic E-state index is -0.559. The summed E-state index contributed by atoms with van der Waals surface area (Å²) in [6, 6.07) is 16.4. The highest BCUT2D eigenvalue weighted by Crippen LogP contribution is 2.30. The summed E-state index contributed by atoms with van der Waals surface area (Å²) < 4.78 is 5.74. The first-order valence-electron chi connectivity index (χ1n) is 8.59. The summed E-state index contributed by atoms with van der Waals surface area (Å²) in [5, 5.41) is 5.73. The molecule has 25 heavy (non-hydrogen) atoms. The van der Waals surface area contributed by atoms with Crippen LogP contribution in [0.15, 0.2) is 54.6 Å². The largest absolute Gasteiger partial charge is 0.481 e. The molecule has 2 N–H and O–H groups in total. The van der Waals surface area contributed by atoms with Gasteiger partial charge in [-0.1, -0.05) is 25.1 Å². The summed E-state index contributed by atoms with van der Waals surface area (Å²) in [6.07, 6.45) is 1.95. The average molecular weight is 338 g/mol. The smallest absolute Gasteiger partial charge is 0.265 e. The molecule has 5 heteroatoms. The third-order valence-electron chi connectivity index (χ3n) is 4.05. The summed E-state index contributed by atoms with van der Waals surface area (Å²) in [5.74, 6) is 0.711. The molecule has 1 fully saturated rings. The fourth-order valence-electron chi connectivity index (χ4n) is 2.44. The van der Waals surface area contributed by atoms with E-state index in [9.17, 15) is 9.59 Å². The third kappa shape index (κ3) is 4.83. The van der Waals surface area contributed by atoms with Gasteiger partial charge in [0.1, 0.15) is 5.75 Å². The van der Waals surface area contributed by atoms with Crippen molar-refractivity contribution in [3.8, 4) is 5.75 Å². The maximum Gasteiger partial charge on any atom is 0.265 e. The maximum absolute atomic E-state index is 12.4. The maximum atomic E-state index is 12.4. The van der Waals surface area contributed by atoms with E-state index in [-0.39, 0.29) is 17.7 Å². The number of ether oxygens (including phenoxy) is 1. The second-order valence-electron chi connectivity index (χ2n) is 6.16. The Kier molecular flexibility index (Phi) is 5.33. The molecule has 1 aliphatic carbocycles. The van der Waals surface area contributed by atoms with Crippen LogP contribution >= 0.6 is 0 Å². The van der Waals surface area contributed by atoms with Crippen molar-refractivity contribution in [2.75, 3.05) is 10.6 Å². The number of nitrogens with one attached hydrogen (secondary N) is 2. The van der Waals surface area contributed by atoms with Crippen LogP contribution in [-0.4, -0.2) is 17.9 Å². The van der Waals surface area contributed by atoms with E-state index in [1.807, 2.05) is 37.3 Å². The van der Waals surface area contributed by atoms with E-state index in [0.717, 1.165) is 18.5 Å². The number of benzene rings is 2. The van der Waals surface area contributed by atoms with E-state index < -0.39 is 6.10 Å². The SMILES string of the molecule is CC[C@@H](Oc1ccccc1)C(=O)Nc1ccc(NC(=O)C2CC2)cc1. The number of carbonyl (C=O) groups excluding carboxylic acids is 2. The number of amides is 2. The molecule has 0 aromatic heterocycles. The summed E-state index contributed by atoms with van der Waals surface area (Å²) in [4.78, 5) is 24.1. The van der Waals surface area contributed by atoms with Crippen LogP contribution in [0.2, 0.25) is 0 Å². The topological polar surface area (TPSA) is 67.4 Å². The Labute approximate surface area is 147 Å². The first-order valence-corrected chi connectivity index (χ1v) is 8.59. The van der Waals surface area contributed by atoms with Crippen LogP contribution < -0.4 is 15.4 Å². The fourth-order valence-corrected chi connectivity index (χ4v) is 2.44. The van der Waals surface area contributed by atoms with Crippen LogP contribution in [0.25, 0.3) is 0 Å². The third-order valence-corrected chi connectivity index (χ3v) is 4.05. The molecule has 2 aromatic rings. The Hall–Kier alpha value is -2.82. The molecule has 0 spiro atoms. The summed E-state index contributed by atoms with van der Waals surface area (Å²) in [7, 11) is 0. The average Bonchev–Trinajstić information content (AvgIpc) is 3.47. The summed E-state index contributed by atoms with van der Waals surface area (Å²) in [6.45, 7) is 1.91. The van der Waals surface area contributed by atoms with Gasteiger partial charge >= 0.3 is 0 Å². The lowest BCUT2D eigenvalue weighted by atomic mass is 10.2. The van der Waals surface area contributed by atoms with Crippen molar-refractivity contribution in [2.24, 2.45) is 5.92 Å². The van der Waals surface area contributed by atoms with Crippen LogP contribution in [0.1, 0.15) is 26.2 Å². The van der Waals surface area contributed by atoms with Gasteiger partial charge < -0.3 is 15.4 Å². The Morgan fingerprint density at radius 2 is 1.60 bits per heavy atom. The van der Waals surface area contributed by atoms with Crippen molar-refractivity contribution in [2.45, 2.75) is 32.3 Å². The molecule has 1 aliphatic rings. The monoisotopic (exact) mass is 338 g/mol. The van der Waals surface area contributed by atoms with Gasteiger partial charge in [-0.2, -0.15) is 0 Å². The first kappa shape index (κ1) is 17.0. The lowest BCUT2D eigenvalue weighted by Gasteiger charge is -2.17. The van der Waals surface area contributed by atoms with Crippen LogP contribution in [0.3, 0.4) is 0 Å². The lowest BCUT2D eigenvalue weighted by Crippen LogP contribution is -2.32. The Bertz CT molecular complexity index is 724. The van der Waals surface area contributed by atoms with Crippen molar-refractivity contribution < 1.29 is 14.3 Å². The van der Waals surface area contributed by atoms with E-state index in [2.05, 4.69) is 10.6 Å². The Balaban J connectivity index is 1.56. The van der Waals surface area contributed by atoms with Gasteiger partial charge in [0.15, 0.2) is 6.10 Å². The predicted molar refractivity (Wildman–Crippen MR) is 97.6 cm³/mol. The molecule has 1 saturated carbocycles. The highest BCUT2D eigenvalue weighted by atomic mass is 16.5. The second kappa shape index (κ2) is 7.83. The zero-order valence-electron chi connectivity index (χ0n) is 14.2. The number of rotatable bonds is 7. The summed E-state index contributed by atoms with van der Waals surface area (Å²) >= 11 is 0. The first-order chi connectivity index (χ1) is 12.2. The van der Waals surface area contributed by atoms with Gasteiger partial charge in [-0.3, -0.25) is 9.59 Å². The molecular weight excluding hydrogens is 316 g/mol. The molecule has 3 rings (SSSR count). The van der Waals surface area contributed by atoms with Crippen molar-refractivity contribution in [1.29, 1.82) is 0 Å². The van der Waals surface area contributed by atoms with Crippen molar-refractivity contribution in [3.63, 3.8) is 0 Å². The van der Waals surface area contributed by atoms with Crippen LogP contribution in [0.5, 0.6) is 5.75 Å². The van der Waals surface area contributed by atoms with E-state index in [1.54, 1.807) is 24.3 Å². The van der Waals surface area contributed by atoms with Gasteiger partial charge in [0.25, 0.3) is 5.91 Å². The molecule has 0 bridgehead atoms. The van der Waals surface area contributed by atoms with Gasteiger partial charge in [-0.25, -0.2) is 0 Å². The van der Waals surface area contributed by atoms with Gasteiger partial charge in [0, 0.05) is 17.3 Å². The van der Waals surface area contributed by atoms with Crippen molar-refractivity contribution in [1.82, 2.24) is 0 Å². The van der Waals surface area contributed by atoms with E-state index in [1.165, 1.54) is 0 Å². The molecule has 2 amide bonds. The van der Waals surface area contributed by atoms with Crippen LogP contribution in [0.4, 0.5) is 11.4 Å². The molecular formula is C20H22N2O3. The highest BCUT2D eigenvalue weighted by Gasteiger charge is 2.29. The molecule has 1 atom stereocenters. The lowest BCUT2D eigenvalue weighted by molar-refractivity contribution is -0.122. The zero-order chi connectivity index (χ0) is 17.6. The minimum absolute atomic E-state index is 0.0686. The number of carbonyl (C=O) groups is 2. The van der Waals surface area contributed by atoms with Crippen molar-refractivity contribution in [3.05, 3.63) is 54.6 Å². The van der Waals surface area contributed by atoms with E-state index in [4.69, 9.17) is 4.74 Å². The normalized spacial score (nSPS) is 14.4. The molecule has 130 valence electrons. The Morgan fingerprint density at radius 1 is 1.00 bits per heavy atom. The number of para-hydroxylation sites is 1. The second-order valence-corrected chi connectivity index (χ2v) is 6.16. The minimum Gasteiger partial charge on any atom is -0.481 e. The quantitative estimate of drug-likeness (QED) is 0.806. The molecule has 0 heterocycles. The molecule has 5 nitrogen and oxygen atoms in total. The molecule has 0 radical (unpaired) electrons. The number of hydrogen-bond acceptors (Lipinski definition) is 3. The van der Waals surface area contributed by atoms with E-state index in [0.29, 0.717) is 17.9 Å². The predicted octanol–water partition coefficient (Wildman–Crippen LogP) is 3.83.